The highest BCUT2D eigenvalue weighted by Crippen LogP contribution is 2.22. The van der Waals surface area contributed by atoms with E-state index in [1.807, 2.05) is 0 Å². The second kappa shape index (κ2) is 6.86. The van der Waals surface area contributed by atoms with E-state index in [4.69, 9.17) is 23.2 Å². The highest BCUT2D eigenvalue weighted by molar-refractivity contribution is 6.32. The van der Waals surface area contributed by atoms with Crippen LogP contribution in [0.5, 0.6) is 0 Å². The molecule has 2 heterocycles. The first kappa shape index (κ1) is 16.2. The lowest BCUT2D eigenvalue weighted by Gasteiger charge is -2.28. The molecule has 0 spiro atoms. The molecule has 0 bridgehead atoms. The summed E-state index contributed by atoms with van der Waals surface area (Å²) in [7, 11) is 0. The molecule has 2 N–H and O–H groups in total. The summed E-state index contributed by atoms with van der Waals surface area (Å²) >= 11 is 12.1. The molecule has 6 nitrogen and oxygen atoms in total. The van der Waals surface area contributed by atoms with Gasteiger partial charge in [0.05, 0.1) is 17.2 Å². The molecule has 0 aromatic carbocycles. The number of amides is 1. The second-order valence-electron chi connectivity index (χ2n) is 5.50. The molecule has 1 aliphatic carbocycles. The fourth-order valence-corrected chi connectivity index (χ4v) is 3.11. The van der Waals surface area contributed by atoms with Gasteiger partial charge in [0.15, 0.2) is 11.0 Å². The molecule has 23 heavy (non-hydrogen) atoms. The minimum atomic E-state index is -0.530. The van der Waals surface area contributed by atoms with E-state index in [1.54, 1.807) is 18.3 Å². The fourth-order valence-electron chi connectivity index (χ4n) is 2.73. The zero-order chi connectivity index (χ0) is 16.4. The number of hydrogen-bond acceptors (Lipinski definition) is 4. The largest absolute Gasteiger partial charge is 0.391 e. The van der Waals surface area contributed by atoms with Gasteiger partial charge in [-0.05, 0) is 25.0 Å². The number of rotatable bonds is 3. The minimum Gasteiger partial charge on any atom is -0.391 e. The second-order valence-corrected chi connectivity index (χ2v) is 6.30. The maximum Gasteiger partial charge on any atom is 0.270 e. The Balaban J connectivity index is 1.88. The third kappa shape index (κ3) is 3.49. The van der Waals surface area contributed by atoms with Gasteiger partial charge in [0.2, 0.25) is 0 Å². The SMILES string of the molecule is O=C(NC1CCCCC1O)c1cc(Cl)nn1-c1ncccc1Cl. The first-order valence-corrected chi connectivity index (χ1v) is 8.17. The van der Waals surface area contributed by atoms with Crippen molar-refractivity contribution in [3.05, 3.63) is 40.3 Å². The van der Waals surface area contributed by atoms with Crippen molar-refractivity contribution in [3.63, 3.8) is 0 Å². The predicted octanol–water partition coefficient (Wildman–Crippen LogP) is 2.61. The Morgan fingerprint density at radius 3 is 2.87 bits per heavy atom. The first-order valence-electron chi connectivity index (χ1n) is 7.41. The summed E-state index contributed by atoms with van der Waals surface area (Å²) in [6.07, 6.45) is 4.42. The number of carbonyl (C=O) groups is 1. The smallest absolute Gasteiger partial charge is 0.270 e. The summed E-state index contributed by atoms with van der Waals surface area (Å²) in [5, 5.41) is 17.5. The maximum atomic E-state index is 12.6. The highest BCUT2D eigenvalue weighted by atomic mass is 35.5. The lowest BCUT2D eigenvalue weighted by molar-refractivity contribution is 0.0711. The van der Waals surface area contributed by atoms with Crippen LogP contribution in [0.2, 0.25) is 10.2 Å². The van der Waals surface area contributed by atoms with Crippen molar-refractivity contribution in [2.24, 2.45) is 0 Å². The zero-order valence-electron chi connectivity index (χ0n) is 12.2. The molecule has 2 unspecified atom stereocenters. The highest BCUT2D eigenvalue weighted by Gasteiger charge is 2.27. The van der Waals surface area contributed by atoms with Crippen molar-refractivity contribution in [1.82, 2.24) is 20.1 Å². The van der Waals surface area contributed by atoms with Crippen molar-refractivity contribution < 1.29 is 9.90 Å². The van der Waals surface area contributed by atoms with Gasteiger partial charge in [-0.25, -0.2) is 9.67 Å². The molecule has 1 amide bonds. The molecular formula is C15H16Cl2N4O2. The molecule has 1 aliphatic rings. The quantitative estimate of drug-likeness (QED) is 0.887. The van der Waals surface area contributed by atoms with Crippen molar-refractivity contribution in [1.29, 1.82) is 0 Å². The number of aliphatic hydroxyl groups excluding tert-OH is 1. The minimum absolute atomic E-state index is 0.168. The third-order valence-electron chi connectivity index (χ3n) is 3.90. The van der Waals surface area contributed by atoms with Crippen molar-refractivity contribution >= 4 is 29.1 Å². The summed E-state index contributed by atoms with van der Waals surface area (Å²) in [5.41, 5.74) is 0.230. The molecule has 8 heteroatoms. The van der Waals surface area contributed by atoms with Gasteiger partial charge in [-0.3, -0.25) is 4.79 Å². The van der Waals surface area contributed by atoms with Crippen LogP contribution < -0.4 is 5.32 Å². The number of aromatic nitrogens is 3. The molecule has 0 radical (unpaired) electrons. The summed E-state index contributed by atoms with van der Waals surface area (Å²) in [4.78, 5) is 16.7. The molecule has 3 rings (SSSR count). The Kier molecular flexibility index (Phi) is 4.84. The fraction of sp³-hybridized carbons (Fsp3) is 0.400. The van der Waals surface area contributed by atoms with E-state index in [0.29, 0.717) is 17.3 Å². The lowest BCUT2D eigenvalue weighted by Crippen LogP contribution is -2.45. The van der Waals surface area contributed by atoms with Gasteiger partial charge in [0.1, 0.15) is 5.69 Å². The van der Waals surface area contributed by atoms with Crippen LogP contribution in [0.25, 0.3) is 5.82 Å². The normalized spacial score (nSPS) is 21.2. The summed E-state index contributed by atoms with van der Waals surface area (Å²) < 4.78 is 1.31. The van der Waals surface area contributed by atoms with E-state index in [2.05, 4.69) is 15.4 Å². The number of carbonyl (C=O) groups excluding carboxylic acids is 1. The molecular weight excluding hydrogens is 339 g/mol. The van der Waals surface area contributed by atoms with Gasteiger partial charge in [-0.1, -0.05) is 36.0 Å². The van der Waals surface area contributed by atoms with Crippen LogP contribution in [0.3, 0.4) is 0 Å². The molecule has 122 valence electrons. The molecule has 0 aliphatic heterocycles. The number of hydrogen-bond donors (Lipinski definition) is 2. The van der Waals surface area contributed by atoms with E-state index >= 15 is 0 Å². The van der Waals surface area contributed by atoms with Crippen LogP contribution in [0.4, 0.5) is 0 Å². The lowest BCUT2D eigenvalue weighted by atomic mass is 9.92. The first-order chi connectivity index (χ1) is 11.1. The van der Waals surface area contributed by atoms with Gasteiger partial charge in [-0.2, -0.15) is 5.10 Å². The maximum absolute atomic E-state index is 12.6. The average molecular weight is 355 g/mol. The molecule has 2 aromatic heterocycles. The Hall–Kier alpha value is -1.63. The van der Waals surface area contributed by atoms with Gasteiger partial charge < -0.3 is 10.4 Å². The Bertz CT molecular complexity index is 719. The average Bonchev–Trinajstić information content (AvgIpc) is 2.92. The van der Waals surface area contributed by atoms with Gasteiger partial charge in [0, 0.05) is 12.3 Å². The zero-order valence-corrected chi connectivity index (χ0v) is 13.8. The number of nitrogens with zero attached hydrogens (tertiary/aromatic N) is 3. The van der Waals surface area contributed by atoms with E-state index in [1.165, 1.54) is 10.7 Å². The monoisotopic (exact) mass is 354 g/mol. The Morgan fingerprint density at radius 2 is 2.13 bits per heavy atom. The van der Waals surface area contributed by atoms with Gasteiger partial charge in [-0.15, -0.1) is 0 Å². The molecule has 0 saturated heterocycles. The molecule has 1 fully saturated rings. The molecule has 2 atom stereocenters. The van der Waals surface area contributed by atoms with E-state index in [9.17, 15) is 9.90 Å². The van der Waals surface area contributed by atoms with Crippen LogP contribution in [-0.2, 0) is 0 Å². The van der Waals surface area contributed by atoms with Crippen LogP contribution in [-0.4, -0.2) is 37.9 Å². The van der Waals surface area contributed by atoms with Gasteiger partial charge >= 0.3 is 0 Å². The molecule has 2 aromatic rings. The van der Waals surface area contributed by atoms with Crippen LogP contribution in [0.15, 0.2) is 24.4 Å². The standard InChI is InChI=1S/C15H16Cl2N4O2/c16-9-4-3-7-18-14(9)21-11(8-13(17)20-21)15(23)19-10-5-1-2-6-12(10)22/h3-4,7-8,10,12,22H,1-2,5-6H2,(H,19,23). The number of aliphatic hydroxyl groups is 1. The van der Waals surface area contributed by atoms with E-state index < -0.39 is 6.10 Å². The van der Waals surface area contributed by atoms with E-state index in [-0.39, 0.29) is 22.8 Å². The van der Waals surface area contributed by atoms with E-state index in [0.717, 1.165) is 19.3 Å². The number of pyridine rings is 1. The van der Waals surface area contributed by atoms with Crippen LogP contribution in [0.1, 0.15) is 36.2 Å². The van der Waals surface area contributed by atoms with Crippen LogP contribution in [0, 0.1) is 0 Å². The predicted molar refractivity (Wildman–Crippen MR) is 87.1 cm³/mol. The van der Waals surface area contributed by atoms with Crippen LogP contribution >= 0.6 is 23.2 Å². The number of nitrogens with one attached hydrogen (secondary N) is 1. The topological polar surface area (TPSA) is 80.0 Å². The van der Waals surface area contributed by atoms with Crippen molar-refractivity contribution in [2.45, 2.75) is 37.8 Å². The third-order valence-corrected chi connectivity index (χ3v) is 4.38. The van der Waals surface area contributed by atoms with Crippen molar-refractivity contribution in [3.8, 4) is 5.82 Å². The summed E-state index contributed by atoms with van der Waals surface area (Å²) in [6.45, 7) is 0. The Labute approximate surface area is 143 Å². The summed E-state index contributed by atoms with van der Waals surface area (Å²) in [5.74, 6) is -0.0347. The number of halogens is 2. The van der Waals surface area contributed by atoms with Gasteiger partial charge in [0.25, 0.3) is 5.91 Å². The summed E-state index contributed by atoms with van der Waals surface area (Å²) in [6, 6.07) is 4.54. The molecule has 1 saturated carbocycles. The van der Waals surface area contributed by atoms with Crippen molar-refractivity contribution in [2.75, 3.05) is 0 Å². The Morgan fingerprint density at radius 1 is 1.35 bits per heavy atom.